The summed E-state index contributed by atoms with van der Waals surface area (Å²) in [5.74, 6) is -1.33. The van der Waals surface area contributed by atoms with Gasteiger partial charge in [-0.05, 0) is 43.7 Å². The third kappa shape index (κ3) is 3.92. The molecule has 3 aromatic rings. The number of hydrogen-bond donors (Lipinski definition) is 1. The Morgan fingerprint density at radius 3 is 2.70 bits per heavy atom. The van der Waals surface area contributed by atoms with E-state index in [2.05, 4.69) is 4.98 Å². The quantitative estimate of drug-likeness (QED) is 0.488. The average Bonchev–Trinajstić information content (AvgIpc) is 3.60. The summed E-state index contributed by atoms with van der Waals surface area (Å²) in [7, 11) is 0. The van der Waals surface area contributed by atoms with Crippen molar-refractivity contribution in [3.63, 3.8) is 0 Å². The molecule has 6 nitrogen and oxygen atoms in total. The first-order valence-corrected chi connectivity index (χ1v) is 12.6. The predicted octanol–water partition coefficient (Wildman–Crippen LogP) is 5.25. The molecule has 1 N–H and O–H groups in total. The molecule has 1 saturated heterocycles. The fraction of sp³-hybridized carbons (Fsp3) is 0.320. The summed E-state index contributed by atoms with van der Waals surface area (Å²) in [6.07, 6.45) is 1.72. The molecule has 8 heteroatoms. The normalized spacial score (nSPS) is 20.8. The maximum atomic E-state index is 13.8. The Labute approximate surface area is 200 Å². The van der Waals surface area contributed by atoms with Gasteiger partial charge in [0.25, 0.3) is 5.91 Å². The van der Waals surface area contributed by atoms with Crippen molar-refractivity contribution in [3.05, 3.63) is 74.1 Å². The molecule has 33 heavy (non-hydrogen) atoms. The number of Topliss-reactive ketones (excluding diaryl/α,β-unsaturated/α-hetero) is 1. The van der Waals surface area contributed by atoms with Gasteiger partial charge < -0.3 is 14.7 Å². The van der Waals surface area contributed by atoms with E-state index >= 15 is 0 Å². The molecular weight excluding hydrogens is 456 g/mol. The number of hydrogen-bond acceptors (Lipinski definition) is 7. The van der Waals surface area contributed by atoms with E-state index in [1.165, 1.54) is 22.7 Å². The van der Waals surface area contributed by atoms with Crippen LogP contribution in [0.15, 0.2) is 53.1 Å². The summed E-state index contributed by atoms with van der Waals surface area (Å²) < 4.78 is 5.76. The molecule has 0 saturated carbocycles. The smallest absolute Gasteiger partial charge is 0.290 e. The van der Waals surface area contributed by atoms with Crippen molar-refractivity contribution in [2.24, 2.45) is 0 Å². The Hall–Kier alpha value is -2.81. The SMILES string of the molecule is Cc1ccsc1C1C(C(=O)c2sc(-c3ccccc3)nc2C)=C(O)C(=O)N1CC1CCCO1. The van der Waals surface area contributed by atoms with Crippen molar-refractivity contribution in [1.29, 1.82) is 0 Å². The standard InChI is InChI=1S/C25H24N2O4S2/c1-14-10-12-32-22(14)19-18(21(29)25(30)27(19)13-17-9-6-11-31-17)20(28)23-15(2)26-24(33-23)16-7-4-3-5-8-16/h3-5,7-8,10,12,17,19,29H,6,9,11,13H2,1-2H3. The predicted molar refractivity (Wildman–Crippen MR) is 129 cm³/mol. The van der Waals surface area contributed by atoms with Gasteiger partial charge in [0.15, 0.2) is 5.76 Å². The van der Waals surface area contributed by atoms with E-state index in [-0.39, 0.29) is 17.5 Å². The Kier molecular flexibility index (Phi) is 5.90. The zero-order valence-electron chi connectivity index (χ0n) is 18.4. The Bertz CT molecular complexity index is 1240. The van der Waals surface area contributed by atoms with Crippen LogP contribution in [-0.4, -0.2) is 45.9 Å². The molecule has 2 atom stereocenters. The Morgan fingerprint density at radius 1 is 1.24 bits per heavy atom. The number of amides is 1. The van der Waals surface area contributed by atoms with E-state index < -0.39 is 17.7 Å². The minimum absolute atomic E-state index is 0.0891. The largest absolute Gasteiger partial charge is 0.503 e. The van der Waals surface area contributed by atoms with E-state index in [1.54, 1.807) is 11.8 Å². The van der Waals surface area contributed by atoms with Crippen molar-refractivity contribution < 1.29 is 19.4 Å². The average molecular weight is 481 g/mol. The van der Waals surface area contributed by atoms with E-state index in [0.29, 0.717) is 23.7 Å². The summed E-state index contributed by atoms with van der Waals surface area (Å²) in [6.45, 7) is 4.77. The second-order valence-electron chi connectivity index (χ2n) is 8.35. The first kappa shape index (κ1) is 22.0. The molecule has 1 aromatic carbocycles. The third-order valence-corrected chi connectivity index (χ3v) is 8.42. The molecule has 0 radical (unpaired) electrons. The number of carbonyl (C=O) groups excluding carboxylic acids is 2. The minimum Gasteiger partial charge on any atom is -0.503 e. The number of carbonyl (C=O) groups is 2. The highest BCUT2D eigenvalue weighted by Crippen LogP contribution is 2.44. The number of thiophene rings is 1. The van der Waals surface area contributed by atoms with E-state index in [1.807, 2.05) is 48.7 Å². The number of aromatic nitrogens is 1. The maximum Gasteiger partial charge on any atom is 0.290 e. The highest BCUT2D eigenvalue weighted by Gasteiger charge is 2.46. The number of benzene rings is 1. The van der Waals surface area contributed by atoms with E-state index in [9.17, 15) is 14.7 Å². The van der Waals surface area contributed by atoms with Gasteiger partial charge in [0.05, 0.1) is 22.2 Å². The number of nitrogens with zero attached hydrogens (tertiary/aromatic N) is 2. The van der Waals surface area contributed by atoms with Gasteiger partial charge in [-0.15, -0.1) is 22.7 Å². The van der Waals surface area contributed by atoms with Gasteiger partial charge in [0.2, 0.25) is 5.78 Å². The number of aliphatic hydroxyl groups is 1. The van der Waals surface area contributed by atoms with Gasteiger partial charge in [-0.1, -0.05) is 30.3 Å². The topological polar surface area (TPSA) is 79.7 Å². The summed E-state index contributed by atoms with van der Waals surface area (Å²) in [5.41, 5.74) is 2.64. The molecule has 2 aliphatic rings. The van der Waals surface area contributed by atoms with Gasteiger partial charge in [0, 0.05) is 23.6 Å². The lowest BCUT2D eigenvalue weighted by molar-refractivity contribution is -0.130. The zero-order valence-corrected chi connectivity index (χ0v) is 20.0. The van der Waals surface area contributed by atoms with Crippen molar-refractivity contribution >= 4 is 34.4 Å². The number of aliphatic hydroxyl groups excluding tert-OH is 1. The lowest BCUT2D eigenvalue weighted by Gasteiger charge is -2.28. The van der Waals surface area contributed by atoms with Gasteiger partial charge in [-0.3, -0.25) is 9.59 Å². The molecule has 2 unspecified atom stereocenters. The van der Waals surface area contributed by atoms with Crippen LogP contribution < -0.4 is 0 Å². The van der Waals surface area contributed by atoms with Crippen LogP contribution in [0, 0.1) is 13.8 Å². The molecule has 5 rings (SSSR count). The molecule has 2 aromatic heterocycles. The Morgan fingerprint density at radius 2 is 2.03 bits per heavy atom. The van der Waals surface area contributed by atoms with E-state index in [4.69, 9.17) is 4.74 Å². The lowest BCUT2D eigenvalue weighted by atomic mass is 9.98. The third-order valence-electron chi connectivity index (χ3n) is 6.15. The summed E-state index contributed by atoms with van der Waals surface area (Å²) in [5, 5.41) is 13.6. The number of thiazole rings is 1. The molecule has 2 aliphatic heterocycles. The van der Waals surface area contributed by atoms with Crippen LogP contribution in [0.2, 0.25) is 0 Å². The summed E-state index contributed by atoms with van der Waals surface area (Å²) in [6, 6.07) is 11.0. The van der Waals surface area contributed by atoms with Crippen LogP contribution in [-0.2, 0) is 9.53 Å². The fourth-order valence-electron chi connectivity index (χ4n) is 4.45. The zero-order chi connectivity index (χ0) is 23.1. The molecule has 1 amide bonds. The van der Waals surface area contributed by atoms with Crippen molar-refractivity contribution in [3.8, 4) is 10.6 Å². The minimum atomic E-state index is -0.629. The molecule has 1 fully saturated rings. The first-order valence-electron chi connectivity index (χ1n) is 10.9. The van der Waals surface area contributed by atoms with Gasteiger partial charge in [-0.2, -0.15) is 0 Å². The number of aryl methyl sites for hydroxylation is 2. The van der Waals surface area contributed by atoms with Crippen LogP contribution >= 0.6 is 22.7 Å². The second-order valence-corrected chi connectivity index (χ2v) is 10.3. The highest BCUT2D eigenvalue weighted by atomic mass is 32.1. The van der Waals surface area contributed by atoms with E-state index in [0.717, 1.165) is 33.9 Å². The van der Waals surface area contributed by atoms with Crippen molar-refractivity contribution in [2.45, 2.75) is 38.8 Å². The van der Waals surface area contributed by atoms with Crippen molar-refractivity contribution in [1.82, 2.24) is 9.88 Å². The first-order chi connectivity index (χ1) is 16.0. The van der Waals surface area contributed by atoms with Crippen LogP contribution in [0.25, 0.3) is 10.6 Å². The monoisotopic (exact) mass is 480 g/mol. The summed E-state index contributed by atoms with van der Waals surface area (Å²) >= 11 is 2.78. The maximum absolute atomic E-state index is 13.8. The van der Waals surface area contributed by atoms with Gasteiger partial charge >= 0.3 is 0 Å². The molecule has 0 bridgehead atoms. The highest BCUT2D eigenvalue weighted by molar-refractivity contribution is 7.17. The second kappa shape index (κ2) is 8.85. The molecule has 170 valence electrons. The fourth-order valence-corrected chi connectivity index (χ4v) is 6.52. The molecule has 4 heterocycles. The van der Waals surface area contributed by atoms with Gasteiger partial charge in [-0.25, -0.2) is 4.98 Å². The van der Waals surface area contributed by atoms with Crippen LogP contribution in [0.3, 0.4) is 0 Å². The van der Waals surface area contributed by atoms with Gasteiger partial charge in [0.1, 0.15) is 11.0 Å². The number of ketones is 1. The van der Waals surface area contributed by atoms with Crippen LogP contribution in [0.5, 0.6) is 0 Å². The molecular formula is C25H24N2O4S2. The Balaban J connectivity index is 1.55. The summed E-state index contributed by atoms with van der Waals surface area (Å²) in [4.78, 5) is 34.5. The lowest BCUT2D eigenvalue weighted by Crippen LogP contribution is -2.37. The van der Waals surface area contributed by atoms with Crippen molar-refractivity contribution in [2.75, 3.05) is 13.2 Å². The van der Waals surface area contributed by atoms with Crippen LogP contribution in [0.4, 0.5) is 0 Å². The number of rotatable bonds is 6. The van der Waals surface area contributed by atoms with Crippen LogP contribution in [0.1, 0.15) is 44.7 Å². The number of ether oxygens (including phenoxy) is 1. The molecule has 0 aliphatic carbocycles. The molecule has 0 spiro atoms.